The Kier molecular flexibility index (Phi) is 6.42. The van der Waals surface area contributed by atoms with E-state index in [2.05, 4.69) is 73.7 Å². The Balaban J connectivity index is 1.56. The van der Waals surface area contributed by atoms with Crippen LogP contribution in [0.5, 0.6) is 0 Å². The van der Waals surface area contributed by atoms with Gasteiger partial charge < -0.3 is 0 Å². The van der Waals surface area contributed by atoms with Crippen LogP contribution in [0.3, 0.4) is 0 Å². The Labute approximate surface area is 205 Å². The largest absolute Gasteiger partial charge is 0.289 e. The highest BCUT2D eigenvalue weighted by Crippen LogP contribution is 2.37. The average Bonchev–Trinajstić information content (AvgIpc) is 2.90. The highest BCUT2D eigenvalue weighted by atomic mass is 32.2. The summed E-state index contributed by atoms with van der Waals surface area (Å²) in [6.07, 6.45) is 0. The van der Waals surface area contributed by atoms with Crippen LogP contribution >= 0.6 is 11.8 Å². The molecule has 0 saturated carbocycles. The lowest BCUT2D eigenvalue weighted by Gasteiger charge is -2.16. The van der Waals surface area contributed by atoms with E-state index in [9.17, 15) is 4.79 Å². The van der Waals surface area contributed by atoms with Gasteiger partial charge in [-0.05, 0) is 47.9 Å². The molecule has 0 bridgehead atoms. The fraction of sp³-hybridized carbons (Fsp3) is 0.0312. The highest BCUT2D eigenvalue weighted by molar-refractivity contribution is 7.99. The first-order valence-electron chi connectivity index (χ1n) is 11.3. The van der Waals surface area contributed by atoms with Gasteiger partial charge in [-0.25, -0.2) is 0 Å². The van der Waals surface area contributed by atoms with Gasteiger partial charge in [0.25, 0.3) is 0 Å². The number of carbonyl (C=O) groups excluding carboxylic acids is 1. The summed E-state index contributed by atoms with van der Waals surface area (Å²) in [4.78, 5) is 15.9. The molecule has 0 fully saturated rings. The Bertz CT molecular complexity index is 1400. The van der Waals surface area contributed by atoms with Crippen molar-refractivity contribution in [3.8, 4) is 22.3 Å². The molecular formula is C32H24OS. The molecule has 0 spiro atoms. The molecule has 5 aromatic carbocycles. The minimum absolute atomic E-state index is 0.0350. The molecule has 5 aromatic rings. The molecule has 0 aliphatic heterocycles. The number of hydrogen-bond acceptors (Lipinski definition) is 2. The average molecular weight is 457 g/mol. The van der Waals surface area contributed by atoms with Crippen LogP contribution in [0.15, 0.2) is 137 Å². The van der Waals surface area contributed by atoms with E-state index >= 15 is 0 Å². The van der Waals surface area contributed by atoms with Gasteiger partial charge in [0.2, 0.25) is 0 Å². The molecule has 0 unspecified atom stereocenters. The van der Waals surface area contributed by atoms with E-state index in [1.54, 1.807) is 11.8 Å². The smallest absolute Gasteiger partial charge is 0.193 e. The third kappa shape index (κ3) is 4.73. The Hall–Kier alpha value is -3.88. The first kappa shape index (κ1) is 21.9. The Morgan fingerprint density at radius 3 is 1.79 bits per heavy atom. The second-order valence-corrected chi connectivity index (χ2v) is 9.38. The normalized spacial score (nSPS) is 10.7. The molecule has 34 heavy (non-hydrogen) atoms. The van der Waals surface area contributed by atoms with Crippen molar-refractivity contribution in [1.82, 2.24) is 0 Å². The van der Waals surface area contributed by atoms with Gasteiger partial charge in [-0.3, -0.25) is 4.79 Å². The van der Waals surface area contributed by atoms with E-state index < -0.39 is 0 Å². The zero-order chi connectivity index (χ0) is 23.3. The van der Waals surface area contributed by atoms with Crippen LogP contribution in [-0.2, 0) is 0 Å². The molecule has 2 heteroatoms. The predicted octanol–water partition coefficient (Wildman–Crippen LogP) is 8.71. The lowest BCUT2D eigenvalue weighted by molar-refractivity contribution is 0.103. The molecule has 0 amide bonds. The summed E-state index contributed by atoms with van der Waals surface area (Å²) in [6, 6.07) is 42.9. The van der Waals surface area contributed by atoms with Crippen LogP contribution in [-0.4, -0.2) is 5.78 Å². The molecule has 1 nitrogen and oxygen atoms in total. The minimum atomic E-state index is 0.0350. The fourth-order valence-electron chi connectivity index (χ4n) is 4.09. The fourth-order valence-corrected chi connectivity index (χ4v) is 4.90. The summed E-state index contributed by atoms with van der Waals surface area (Å²) in [5.41, 5.74) is 6.83. The maximum atomic E-state index is 13.5. The van der Waals surface area contributed by atoms with Crippen molar-refractivity contribution in [1.29, 1.82) is 0 Å². The predicted molar refractivity (Wildman–Crippen MR) is 142 cm³/mol. The molecule has 0 radical (unpaired) electrons. The summed E-state index contributed by atoms with van der Waals surface area (Å²) >= 11 is 1.75. The van der Waals surface area contributed by atoms with E-state index in [-0.39, 0.29) is 5.78 Å². The molecule has 164 valence electrons. The van der Waals surface area contributed by atoms with Crippen molar-refractivity contribution in [3.63, 3.8) is 0 Å². The Morgan fingerprint density at radius 1 is 0.559 bits per heavy atom. The van der Waals surface area contributed by atoms with E-state index in [4.69, 9.17) is 0 Å². The molecule has 0 heterocycles. The molecular weight excluding hydrogens is 432 g/mol. The van der Waals surface area contributed by atoms with E-state index in [1.807, 2.05) is 60.7 Å². The van der Waals surface area contributed by atoms with Crippen LogP contribution in [0.2, 0.25) is 0 Å². The topological polar surface area (TPSA) is 17.1 Å². The maximum absolute atomic E-state index is 13.5. The van der Waals surface area contributed by atoms with Gasteiger partial charge >= 0.3 is 0 Å². The SMILES string of the molecule is Cc1ccc(Sc2ccc(-c3cccc(C(=O)c4ccccc4)c3-c3ccccc3)cc2)cc1. The molecule has 0 N–H and O–H groups in total. The monoisotopic (exact) mass is 456 g/mol. The quantitative estimate of drug-likeness (QED) is 0.238. The van der Waals surface area contributed by atoms with Gasteiger partial charge in [0.05, 0.1) is 0 Å². The zero-order valence-electron chi connectivity index (χ0n) is 18.9. The Morgan fingerprint density at radius 2 is 1.15 bits per heavy atom. The van der Waals surface area contributed by atoms with E-state index in [1.165, 1.54) is 15.4 Å². The molecule has 0 saturated heterocycles. The number of benzene rings is 5. The first-order valence-corrected chi connectivity index (χ1v) is 12.1. The summed E-state index contributed by atoms with van der Waals surface area (Å²) < 4.78 is 0. The van der Waals surface area contributed by atoms with Crippen LogP contribution in [0, 0.1) is 6.92 Å². The van der Waals surface area contributed by atoms with Crippen molar-refractivity contribution >= 4 is 17.5 Å². The van der Waals surface area contributed by atoms with Gasteiger partial charge in [0, 0.05) is 26.5 Å². The van der Waals surface area contributed by atoms with Crippen molar-refractivity contribution in [2.45, 2.75) is 16.7 Å². The number of carbonyl (C=O) groups is 1. The van der Waals surface area contributed by atoms with Gasteiger partial charge in [-0.15, -0.1) is 0 Å². The van der Waals surface area contributed by atoms with Gasteiger partial charge in [0.15, 0.2) is 5.78 Å². The van der Waals surface area contributed by atoms with E-state index in [0.717, 1.165) is 22.3 Å². The first-order chi connectivity index (χ1) is 16.7. The number of rotatable bonds is 6. The summed E-state index contributed by atoms with van der Waals surface area (Å²) in [6.45, 7) is 2.10. The molecule has 0 aliphatic carbocycles. The maximum Gasteiger partial charge on any atom is 0.193 e. The summed E-state index contributed by atoms with van der Waals surface area (Å²) in [5.74, 6) is 0.0350. The number of aryl methyl sites for hydroxylation is 1. The van der Waals surface area contributed by atoms with Crippen molar-refractivity contribution < 1.29 is 4.79 Å². The molecule has 0 atom stereocenters. The summed E-state index contributed by atoms with van der Waals surface area (Å²) in [5, 5.41) is 0. The standard InChI is InChI=1S/C32H24OS/c1-23-15-19-27(20-16-23)34-28-21-17-24(18-22-28)29-13-8-14-30(31(29)25-9-4-2-5-10-25)32(33)26-11-6-3-7-12-26/h2-22H,1H3. The molecule has 0 aliphatic rings. The van der Waals surface area contributed by atoms with Crippen LogP contribution in [0.1, 0.15) is 21.5 Å². The number of hydrogen-bond donors (Lipinski definition) is 0. The lowest BCUT2D eigenvalue weighted by atomic mass is 9.87. The molecule has 0 aromatic heterocycles. The van der Waals surface area contributed by atoms with Crippen molar-refractivity contribution in [3.05, 3.63) is 144 Å². The van der Waals surface area contributed by atoms with Gasteiger partial charge in [-0.1, -0.05) is 120 Å². The second-order valence-electron chi connectivity index (χ2n) is 8.23. The van der Waals surface area contributed by atoms with Crippen molar-refractivity contribution in [2.24, 2.45) is 0 Å². The van der Waals surface area contributed by atoms with Crippen LogP contribution < -0.4 is 0 Å². The lowest BCUT2D eigenvalue weighted by Crippen LogP contribution is -2.04. The van der Waals surface area contributed by atoms with Crippen molar-refractivity contribution in [2.75, 3.05) is 0 Å². The van der Waals surface area contributed by atoms with Gasteiger partial charge in [-0.2, -0.15) is 0 Å². The summed E-state index contributed by atoms with van der Waals surface area (Å²) in [7, 11) is 0. The highest BCUT2D eigenvalue weighted by Gasteiger charge is 2.18. The van der Waals surface area contributed by atoms with Gasteiger partial charge in [0.1, 0.15) is 0 Å². The second kappa shape index (κ2) is 9.94. The minimum Gasteiger partial charge on any atom is -0.289 e. The van der Waals surface area contributed by atoms with Crippen LogP contribution in [0.25, 0.3) is 22.3 Å². The van der Waals surface area contributed by atoms with E-state index in [0.29, 0.717) is 11.1 Å². The third-order valence-corrected chi connectivity index (χ3v) is 6.85. The molecule has 5 rings (SSSR count). The zero-order valence-corrected chi connectivity index (χ0v) is 19.8. The number of ketones is 1. The third-order valence-electron chi connectivity index (χ3n) is 5.83. The van der Waals surface area contributed by atoms with Crippen LogP contribution in [0.4, 0.5) is 0 Å².